The van der Waals surface area contributed by atoms with Crippen molar-refractivity contribution in [3.8, 4) is 0 Å². The van der Waals surface area contributed by atoms with Crippen molar-refractivity contribution in [1.82, 2.24) is 0 Å². The zero-order valence-electron chi connectivity index (χ0n) is 7.58. The van der Waals surface area contributed by atoms with Gasteiger partial charge in [0.05, 0.1) is 6.61 Å². The molecule has 0 aromatic rings. The quantitative estimate of drug-likeness (QED) is 0.614. The van der Waals surface area contributed by atoms with Crippen molar-refractivity contribution in [3.05, 3.63) is 12.2 Å². The molecule has 0 amide bonds. The van der Waals surface area contributed by atoms with Crippen LogP contribution >= 0.6 is 0 Å². The van der Waals surface area contributed by atoms with E-state index in [9.17, 15) is 0 Å². The Morgan fingerprint density at radius 2 is 2.25 bits per heavy atom. The average Bonchev–Trinajstić information content (AvgIpc) is 2.02. The summed E-state index contributed by atoms with van der Waals surface area (Å²) in [6.45, 7) is 0.106. The number of aliphatic hydroxyl groups excluding tert-OH is 1. The minimum Gasteiger partial charge on any atom is -0.395 e. The van der Waals surface area contributed by atoms with Crippen LogP contribution in [0.4, 0.5) is 0 Å². The standard InChI is InChI=1S/C10H19NO/c11-10(8-12)9-6-4-2-1-3-5-7-9/h4,6,9-10,12H,1-3,5,7-8,11H2/b6-4-. The third kappa shape index (κ3) is 2.95. The van der Waals surface area contributed by atoms with Crippen LogP contribution in [0.25, 0.3) is 0 Å². The predicted molar refractivity (Wildman–Crippen MR) is 50.8 cm³/mol. The lowest BCUT2D eigenvalue weighted by Crippen LogP contribution is -2.32. The predicted octanol–water partition coefficient (Wildman–Crippen LogP) is 1.44. The first-order chi connectivity index (χ1) is 5.84. The molecular formula is C10H19NO. The van der Waals surface area contributed by atoms with E-state index < -0.39 is 0 Å². The van der Waals surface area contributed by atoms with Crippen LogP contribution in [0.3, 0.4) is 0 Å². The maximum atomic E-state index is 8.89. The normalized spacial score (nSPS) is 30.3. The van der Waals surface area contributed by atoms with Crippen LogP contribution in [0.5, 0.6) is 0 Å². The van der Waals surface area contributed by atoms with E-state index in [0.717, 1.165) is 6.42 Å². The van der Waals surface area contributed by atoms with E-state index in [4.69, 9.17) is 10.8 Å². The molecule has 70 valence electrons. The summed E-state index contributed by atoms with van der Waals surface area (Å²) >= 11 is 0. The molecule has 2 unspecified atom stereocenters. The lowest BCUT2D eigenvalue weighted by atomic mass is 9.91. The number of nitrogens with two attached hydrogens (primary N) is 1. The second kappa shape index (κ2) is 5.33. The molecule has 0 spiro atoms. The largest absolute Gasteiger partial charge is 0.395 e. The van der Waals surface area contributed by atoms with Gasteiger partial charge in [-0.2, -0.15) is 0 Å². The molecule has 1 aliphatic carbocycles. The smallest absolute Gasteiger partial charge is 0.0588 e. The van der Waals surface area contributed by atoms with Crippen molar-refractivity contribution in [3.63, 3.8) is 0 Å². The first-order valence-electron chi connectivity index (χ1n) is 4.87. The van der Waals surface area contributed by atoms with Gasteiger partial charge < -0.3 is 10.8 Å². The Kier molecular flexibility index (Phi) is 4.33. The number of aliphatic hydroxyl groups is 1. The van der Waals surface area contributed by atoms with E-state index in [0.29, 0.717) is 5.92 Å². The van der Waals surface area contributed by atoms with Gasteiger partial charge in [-0.15, -0.1) is 0 Å². The van der Waals surface area contributed by atoms with Crippen LogP contribution < -0.4 is 5.73 Å². The van der Waals surface area contributed by atoms with Gasteiger partial charge in [0.25, 0.3) is 0 Å². The highest BCUT2D eigenvalue weighted by atomic mass is 16.3. The molecule has 0 radical (unpaired) electrons. The van der Waals surface area contributed by atoms with Gasteiger partial charge in [0.2, 0.25) is 0 Å². The molecule has 2 heteroatoms. The molecule has 1 aliphatic rings. The van der Waals surface area contributed by atoms with E-state index in [1.807, 2.05) is 0 Å². The van der Waals surface area contributed by atoms with E-state index in [-0.39, 0.29) is 12.6 Å². The molecule has 0 aliphatic heterocycles. The Bertz CT molecular complexity index is 145. The molecule has 0 aromatic carbocycles. The Morgan fingerprint density at radius 1 is 1.42 bits per heavy atom. The van der Waals surface area contributed by atoms with Crippen LogP contribution in [0.1, 0.15) is 32.1 Å². The SMILES string of the molecule is NC(CO)C1/C=C\CCCCC1. The summed E-state index contributed by atoms with van der Waals surface area (Å²) in [6.07, 6.45) is 10.6. The molecule has 1 rings (SSSR count). The minimum absolute atomic E-state index is 0.0562. The molecule has 0 saturated heterocycles. The van der Waals surface area contributed by atoms with Crippen LogP contribution in [0, 0.1) is 5.92 Å². The molecule has 0 saturated carbocycles. The van der Waals surface area contributed by atoms with Gasteiger partial charge in [-0.3, -0.25) is 0 Å². The summed E-state index contributed by atoms with van der Waals surface area (Å²) in [5.74, 6) is 0.398. The third-order valence-electron chi connectivity index (χ3n) is 2.55. The fraction of sp³-hybridized carbons (Fsp3) is 0.800. The topological polar surface area (TPSA) is 46.2 Å². The lowest BCUT2D eigenvalue weighted by Gasteiger charge is -2.20. The summed E-state index contributed by atoms with van der Waals surface area (Å²) < 4.78 is 0. The average molecular weight is 169 g/mol. The van der Waals surface area contributed by atoms with Crippen LogP contribution in [0.2, 0.25) is 0 Å². The van der Waals surface area contributed by atoms with Crippen molar-refractivity contribution in [2.75, 3.05) is 6.61 Å². The minimum atomic E-state index is -0.0562. The summed E-state index contributed by atoms with van der Waals surface area (Å²) in [5, 5.41) is 8.89. The highest BCUT2D eigenvalue weighted by molar-refractivity contribution is 4.94. The molecule has 0 fully saturated rings. The van der Waals surface area contributed by atoms with Gasteiger partial charge in [0, 0.05) is 6.04 Å². The molecule has 0 heterocycles. The summed E-state index contributed by atoms with van der Waals surface area (Å²) in [7, 11) is 0. The summed E-state index contributed by atoms with van der Waals surface area (Å²) in [4.78, 5) is 0. The monoisotopic (exact) mass is 169 g/mol. The molecule has 3 N–H and O–H groups in total. The van der Waals surface area contributed by atoms with Crippen LogP contribution in [0.15, 0.2) is 12.2 Å². The molecule has 2 atom stereocenters. The van der Waals surface area contributed by atoms with Gasteiger partial charge >= 0.3 is 0 Å². The van der Waals surface area contributed by atoms with E-state index >= 15 is 0 Å². The molecule has 12 heavy (non-hydrogen) atoms. The Balaban J connectivity index is 2.43. The van der Waals surface area contributed by atoms with Gasteiger partial charge in [-0.05, 0) is 25.2 Å². The van der Waals surface area contributed by atoms with Gasteiger partial charge in [0.1, 0.15) is 0 Å². The van der Waals surface area contributed by atoms with Crippen LogP contribution in [-0.2, 0) is 0 Å². The lowest BCUT2D eigenvalue weighted by molar-refractivity contribution is 0.235. The Morgan fingerprint density at radius 3 is 3.00 bits per heavy atom. The van der Waals surface area contributed by atoms with Crippen molar-refractivity contribution < 1.29 is 5.11 Å². The fourth-order valence-corrected chi connectivity index (χ4v) is 1.68. The second-order valence-electron chi connectivity index (χ2n) is 3.58. The van der Waals surface area contributed by atoms with Gasteiger partial charge in [-0.1, -0.05) is 25.0 Å². The summed E-state index contributed by atoms with van der Waals surface area (Å²) in [5.41, 5.74) is 5.77. The first kappa shape index (κ1) is 9.75. The number of rotatable bonds is 2. The zero-order valence-corrected chi connectivity index (χ0v) is 7.58. The maximum absolute atomic E-state index is 8.89. The van der Waals surface area contributed by atoms with E-state index in [1.165, 1.54) is 25.7 Å². The van der Waals surface area contributed by atoms with Crippen LogP contribution in [-0.4, -0.2) is 17.8 Å². The molecule has 0 bridgehead atoms. The Hall–Kier alpha value is -0.340. The highest BCUT2D eigenvalue weighted by Gasteiger charge is 2.14. The first-order valence-corrected chi connectivity index (χ1v) is 4.87. The summed E-state index contributed by atoms with van der Waals surface area (Å²) in [6, 6.07) is -0.0562. The fourth-order valence-electron chi connectivity index (χ4n) is 1.68. The van der Waals surface area contributed by atoms with Gasteiger partial charge in [-0.25, -0.2) is 0 Å². The molecular weight excluding hydrogens is 150 g/mol. The molecule has 0 aromatic heterocycles. The number of hydrogen-bond donors (Lipinski definition) is 2. The third-order valence-corrected chi connectivity index (χ3v) is 2.55. The van der Waals surface area contributed by atoms with Crippen molar-refractivity contribution in [1.29, 1.82) is 0 Å². The highest BCUT2D eigenvalue weighted by Crippen LogP contribution is 2.18. The van der Waals surface area contributed by atoms with Crippen molar-refractivity contribution in [2.45, 2.75) is 38.1 Å². The van der Waals surface area contributed by atoms with Gasteiger partial charge in [0.15, 0.2) is 0 Å². The van der Waals surface area contributed by atoms with Crippen molar-refractivity contribution in [2.24, 2.45) is 11.7 Å². The van der Waals surface area contributed by atoms with E-state index in [2.05, 4.69) is 12.2 Å². The number of hydrogen-bond acceptors (Lipinski definition) is 2. The van der Waals surface area contributed by atoms with E-state index in [1.54, 1.807) is 0 Å². The second-order valence-corrected chi connectivity index (χ2v) is 3.58. The van der Waals surface area contributed by atoms with Crippen molar-refractivity contribution >= 4 is 0 Å². The maximum Gasteiger partial charge on any atom is 0.0588 e. The molecule has 2 nitrogen and oxygen atoms in total. The number of allylic oxidation sites excluding steroid dienone is 1. The zero-order chi connectivity index (χ0) is 8.81. The Labute approximate surface area is 74.5 Å².